The molecule has 0 N–H and O–H groups in total. The summed E-state index contributed by atoms with van der Waals surface area (Å²) >= 11 is 0. The molecule has 0 bridgehead atoms. The molecule has 0 aliphatic carbocycles. The predicted octanol–water partition coefficient (Wildman–Crippen LogP) is 2.85. The zero-order valence-corrected chi connectivity index (χ0v) is 11.0. The van der Waals surface area contributed by atoms with Gasteiger partial charge in [-0.1, -0.05) is 19.4 Å². The van der Waals surface area contributed by atoms with Gasteiger partial charge in [0.1, 0.15) is 11.6 Å². The first-order valence-electron chi connectivity index (χ1n) is 6.33. The van der Waals surface area contributed by atoms with E-state index in [1.165, 1.54) is 12.1 Å². The minimum Gasteiger partial charge on any atom is -0.484 e. The molecule has 0 saturated heterocycles. The maximum atomic E-state index is 12.9. The molecule has 18 heavy (non-hydrogen) atoms. The number of unbranched alkanes of at least 4 members (excludes halogenated alkanes) is 1. The lowest BCUT2D eigenvalue weighted by atomic mass is 10.3. The minimum absolute atomic E-state index is 0.0407. The van der Waals surface area contributed by atoms with Gasteiger partial charge in [0.15, 0.2) is 6.61 Å². The van der Waals surface area contributed by atoms with Crippen molar-refractivity contribution in [2.45, 2.75) is 26.7 Å². The molecular weight excluding hydrogens is 233 g/mol. The summed E-state index contributed by atoms with van der Waals surface area (Å²) in [5.74, 6) is -0.0385. The van der Waals surface area contributed by atoms with Crippen molar-refractivity contribution in [2.75, 3.05) is 19.7 Å². The third kappa shape index (κ3) is 4.73. The van der Waals surface area contributed by atoms with Gasteiger partial charge in [-0.15, -0.1) is 0 Å². The topological polar surface area (TPSA) is 29.5 Å². The van der Waals surface area contributed by atoms with Crippen LogP contribution < -0.4 is 4.74 Å². The van der Waals surface area contributed by atoms with E-state index in [4.69, 9.17) is 4.74 Å². The van der Waals surface area contributed by atoms with Gasteiger partial charge in [-0.25, -0.2) is 4.39 Å². The zero-order chi connectivity index (χ0) is 13.4. The molecule has 4 heteroatoms. The van der Waals surface area contributed by atoms with Crippen LogP contribution in [-0.2, 0) is 4.79 Å². The first-order valence-corrected chi connectivity index (χ1v) is 6.33. The fraction of sp³-hybridized carbons (Fsp3) is 0.500. The van der Waals surface area contributed by atoms with E-state index < -0.39 is 0 Å². The molecule has 0 saturated carbocycles. The molecular formula is C14H20FNO2. The van der Waals surface area contributed by atoms with Crippen molar-refractivity contribution in [3.05, 3.63) is 30.1 Å². The van der Waals surface area contributed by atoms with Crippen LogP contribution >= 0.6 is 0 Å². The normalized spacial score (nSPS) is 10.2. The van der Waals surface area contributed by atoms with Crippen LogP contribution in [0.5, 0.6) is 5.75 Å². The van der Waals surface area contributed by atoms with Gasteiger partial charge in [-0.05, 0) is 25.5 Å². The van der Waals surface area contributed by atoms with Gasteiger partial charge in [0.25, 0.3) is 5.91 Å². The lowest BCUT2D eigenvalue weighted by Crippen LogP contribution is -2.35. The maximum Gasteiger partial charge on any atom is 0.260 e. The number of carbonyl (C=O) groups excluding carboxylic acids is 1. The first-order chi connectivity index (χ1) is 8.67. The van der Waals surface area contributed by atoms with Crippen LogP contribution in [0.1, 0.15) is 26.7 Å². The van der Waals surface area contributed by atoms with Crippen molar-refractivity contribution in [1.29, 1.82) is 0 Å². The molecule has 1 rings (SSSR count). The Balaban J connectivity index is 2.44. The number of ether oxygens (including phenoxy) is 1. The Labute approximate surface area is 108 Å². The molecule has 0 unspecified atom stereocenters. The van der Waals surface area contributed by atoms with E-state index in [2.05, 4.69) is 6.92 Å². The molecule has 0 atom stereocenters. The Hall–Kier alpha value is -1.58. The molecule has 1 aromatic rings. The summed E-state index contributed by atoms with van der Waals surface area (Å²) in [5, 5.41) is 0. The highest BCUT2D eigenvalue weighted by Crippen LogP contribution is 2.12. The molecule has 0 aliphatic heterocycles. The minimum atomic E-state index is -0.363. The Kier molecular flexibility index (Phi) is 6.19. The van der Waals surface area contributed by atoms with Crippen LogP contribution in [0, 0.1) is 5.82 Å². The van der Waals surface area contributed by atoms with Crippen LogP contribution in [0.3, 0.4) is 0 Å². The second-order valence-electron chi connectivity index (χ2n) is 4.07. The van der Waals surface area contributed by atoms with Gasteiger partial charge < -0.3 is 9.64 Å². The number of nitrogens with zero attached hydrogens (tertiary/aromatic N) is 1. The van der Waals surface area contributed by atoms with E-state index >= 15 is 0 Å². The first kappa shape index (κ1) is 14.5. The standard InChI is InChI=1S/C14H20FNO2/c1-3-5-9-16(4-2)14(17)11-18-13-8-6-7-12(15)10-13/h6-8,10H,3-5,9,11H2,1-2H3. The number of benzene rings is 1. The van der Waals surface area contributed by atoms with Crippen molar-refractivity contribution >= 4 is 5.91 Å². The summed E-state index contributed by atoms with van der Waals surface area (Å²) in [6.45, 7) is 5.40. The van der Waals surface area contributed by atoms with E-state index in [-0.39, 0.29) is 18.3 Å². The number of hydrogen-bond donors (Lipinski definition) is 0. The molecule has 1 amide bonds. The lowest BCUT2D eigenvalue weighted by Gasteiger charge is -2.20. The second-order valence-corrected chi connectivity index (χ2v) is 4.07. The summed E-state index contributed by atoms with van der Waals surface area (Å²) in [5.41, 5.74) is 0. The van der Waals surface area contributed by atoms with Crippen molar-refractivity contribution < 1.29 is 13.9 Å². The van der Waals surface area contributed by atoms with Crippen molar-refractivity contribution in [3.8, 4) is 5.75 Å². The van der Waals surface area contributed by atoms with Crippen LogP contribution in [0.25, 0.3) is 0 Å². The SMILES string of the molecule is CCCCN(CC)C(=O)COc1cccc(F)c1. The monoisotopic (exact) mass is 253 g/mol. The third-order valence-electron chi connectivity index (χ3n) is 2.67. The molecule has 0 heterocycles. The highest BCUT2D eigenvalue weighted by atomic mass is 19.1. The van der Waals surface area contributed by atoms with E-state index in [1.54, 1.807) is 17.0 Å². The van der Waals surface area contributed by atoms with Crippen LogP contribution in [-0.4, -0.2) is 30.5 Å². The van der Waals surface area contributed by atoms with E-state index in [1.807, 2.05) is 6.92 Å². The Morgan fingerprint density at radius 1 is 1.39 bits per heavy atom. The highest BCUT2D eigenvalue weighted by Gasteiger charge is 2.11. The summed E-state index contributed by atoms with van der Waals surface area (Å²) in [6.07, 6.45) is 2.04. The van der Waals surface area contributed by atoms with Gasteiger partial charge in [0.2, 0.25) is 0 Å². The Morgan fingerprint density at radius 2 is 2.17 bits per heavy atom. The number of halogens is 1. The van der Waals surface area contributed by atoms with Gasteiger partial charge in [-0.2, -0.15) is 0 Å². The summed E-state index contributed by atoms with van der Waals surface area (Å²) < 4.78 is 18.2. The van der Waals surface area contributed by atoms with Crippen molar-refractivity contribution in [1.82, 2.24) is 4.90 Å². The Morgan fingerprint density at radius 3 is 2.78 bits per heavy atom. The van der Waals surface area contributed by atoms with Gasteiger partial charge in [0, 0.05) is 19.2 Å². The fourth-order valence-electron chi connectivity index (χ4n) is 1.60. The molecule has 0 aromatic heterocycles. The van der Waals surface area contributed by atoms with Gasteiger partial charge in [-0.3, -0.25) is 4.79 Å². The van der Waals surface area contributed by atoms with E-state index in [9.17, 15) is 9.18 Å². The third-order valence-corrected chi connectivity index (χ3v) is 2.67. The molecule has 0 aliphatic rings. The maximum absolute atomic E-state index is 12.9. The molecule has 0 radical (unpaired) electrons. The fourth-order valence-corrected chi connectivity index (χ4v) is 1.60. The largest absolute Gasteiger partial charge is 0.484 e. The highest BCUT2D eigenvalue weighted by molar-refractivity contribution is 5.77. The smallest absolute Gasteiger partial charge is 0.260 e. The molecule has 1 aromatic carbocycles. The predicted molar refractivity (Wildman–Crippen MR) is 69.1 cm³/mol. The summed E-state index contributed by atoms with van der Waals surface area (Å²) in [7, 11) is 0. The number of rotatable bonds is 7. The van der Waals surface area contributed by atoms with Crippen molar-refractivity contribution in [2.24, 2.45) is 0 Å². The van der Waals surface area contributed by atoms with Crippen LogP contribution in [0.2, 0.25) is 0 Å². The van der Waals surface area contributed by atoms with Gasteiger partial charge >= 0.3 is 0 Å². The van der Waals surface area contributed by atoms with E-state index in [0.717, 1.165) is 19.4 Å². The second kappa shape index (κ2) is 7.69. The number of likely N-dealkylation sites (N-methyl/N-ethyl adjacent to an activating group) is 1. The average molecular weight is 253 g/mol. The zero-order valence-electron chi connectivity index (χ0n) is 11.0. The molecule has 0 fully saturated rings. The summed E-state index contributed by atoms with van der Waals surface area (Å²) in [4.78, 5) is 13.6. The summed E-state index contributed by atoms with van der Waals surface area (Å²) in [6, 6.07) is 5.81. The molecule has 0 spiro atoms. The number of hydrogen-bond acceptors (Lipinski definition) is 2. The average Bonchev–Trinajstić information content (AvgIpc) is 2.37. The molecule has 3 nitrogen and oxygen atoms in total. The quantitative estimate of drug-likeness (QED) is 0.747. The molecule has 100 valence electrons. The van der Waals surface area contributed by atoms with E-state index in [0.29, 0.717) is 12.3 Å². The van der Waals surface area contributed by atoms with Gasteiger partial charge in [0.05, 0.1) is 0 Å². The van der Waals surface area contributed by atoms with Crippen LogP contribution in [0.4, 0.5) is 4.39 Å². The number of carbonyl (C=O) groups is 1. The van der Waals surface area contributed by atoms with Crippen LogP contribution in [0.15, 0.2) is 24.3 Å². The Bertz CT molecular complexity index is 382. The number of amides is 1. The van der Waals surface area contributed by atoms with Crippen molar-refractivity contribution in [3.63, 3.8) is 0 Å². The lowest BCUT2D eigenvalue weighted by molar-refractivity contribution is -0.133.